The second-order valence-electron chi connectivity index (χ2n) is 6.65. The molecular weight excluding hydrogens is 424 g/mol. The van der Waals surface area contributed by atoms with Gasteiger partial charge in [0.15, 0.2) is 0 Å². The summed E-state index contributed by atoms with van der Waals surface area (Å²) in [6, 6.07) is 9.24. The van der Waals surface area contributed by atoms with Gasteiger partial charge in [-0.25, -0.2) is 8.42 Å². The van der Waals surface area contributed by atoms with Crippen molar-refractivity contribution in [2.24, 2.45) is 0 Å². The Labute approximate surface area is 175 Å². The smallest absolute Gasteiger partial charge is 0.387 e. The number of hydrogen-bond donors (Lipinski definition) is 2. The van der Waals surface area contributed by atoms with Gasteiger partial charge in [-0.2, -0.15) is 8.78 Å². The second kappa shape index (κ2) is 9.60. The molecule has 1 saturated heterocycles. The van der Waals surface area contributed by atoms with Crippen LogP contribution in [0.2, 0.25) is 0 Å². The molecule has 29 heavy (non-hydrogen) atoms. The first-order chi connectivity index (χ1) is 13.3. The third-order valence-electron chi connectivity index (χ3n) is 4.61. The zero-order valence-electron chi connectivity index (χ0n) is 16.1. The van der Waals surface area contributed by atoms with E-state index in [1.54, 1.807) is 19.1 Å². The highest BCUT2D eigenvalue weighted by Crippen LogP contribution is 2.28. The van der Waals surface area contributed by atoms with E-state index >= 15 is 0 Å². The molecule has 160 valence electrons. The zero-order valence-corrected chi connectivity index (χ0v) is 17.7. The minimum atomic E-state index is -3.88. The van der Waals surface area contributed by atoms with Crippen molar-refractivity contribution < 1.29 is 21.9 Å². The fourth-order valence-corrected chi connectivity index (χ4v) is 4.17. The van der Waals surface area contributed by atoms with Crippen molar-refractivity contribution in [1.82, 2.24) is 5.32 Å². The molecule has 3 rings (SSSR count). The predicted molar refractivity (Wildman–Crippen MR) is 112 cm³/mol. The van der Waals surface area contributed by atoms with Gasteiger partial charge in [-0.1, -0.05) is 12.1 Å². The Morgan fingerprint density at radius 1 is 1.07 bits per heavy atom. The molecule has 0 spiro atoms. The summed E-state index contributed by atoms with van der Waals surface area (Å²) in [5.74, 6) is -0.0689. The van der Waals surface area contributed by atoms with Crippen LogP contribution >= 0.6 is 12.4 Å². The van der Waals surface area contributed by atoms with E-state index in [4.69, 9.17) is 0 Å². The number of aryl methyl sites for hydroxylation is 2. The predicted octanol–water partition coefficient (Wildman–Crippen LogP) is 3.54. The number of alkyl halides is 2. The van der Waals surface area contributed by atoms with E-state index in [2.05, 4.69) is 19.7 Å². The van der Waals surface area contributed by atoms with E-state index in [0.29, 0.717) is 5.56 Å². The van der Waals surface area contributed by atoms with Gasteiger partial charge in [0.25, 0.3) is 10.0 Å². The highest BCUT2D eigenvalue weighted by molar-refractivity contribution is 7.92. The van der Waals surface area contributed by atoms with Crippen LogP contribution in [0.3, 0.4) is 0 Å². The summed E-state index contributed by atoms with van der Waals surface area (Å²) in [5, 5.41) is 3.27. The first kappa shape index (κ1) is 23.2. The molecule has 0 amide bonds. The molecule has 1 heterocycles. The molecule has 0 unspecified atom stereocenters. The van der Waals surface area contributed by atoms with Crippen LogP contribution < -0.4 is 19.7 Å². The van der Waals surface area contributed by atoms with Gasteiger partial charge in [-0.3, -0.25) is 4.72 Å². The molecule has 1 aliphatic rings. The lowest BCUT2D eigenvalue weighted by Gasteiger charge is -2.31. The molecule has 2 aromatic carbocycles. The number of anilines is 2. The van der Waals surface area contributed by atoms with Gasteiger partial charge >= 0.3 is 6.61 Å². The molecule has 2 N–H and O–H groups in total. The van der Waals surface area contributed by atoms with Gasteiger partial charge < -0.3 is 15.0 Å². The SMILES string of the molecule is Cc1ccc(NS(=O)(=O)c2ccc(C)c(N3CCNCC3)c2)cc1OC(F)F.Cl. The maximum Gasteiger partial charge on any atom is 0.387 e. The van der Waals surface area contributed by atoms with Crippen LogP contribution in [-0.4, -0.2) is 41.2 Å². The van der Waals surface area contributed by atoms with E-state index in [0.717, 1.165) is 37.4 Å². The molecule has 0 aromatic heterocycles. The van der Waals surface area contributed by atoms with Crippen LogP contribution in [0.4, 0.5) is 20.2 Å². The third-order valence-corrected chi connectivity index (χ3v) is 5.98. The number of sulfonamides is 1. The van der Waals surface area contributed by atoms with E-state index in [1.807, 2.05) is 6.92 Å². The van der Waals surface area contributed by atoms with Crippen molar-refractivity contribution in [2.75, 3.05) is 35.8 Å². The molecule has 0 aliphatic carbocycles. The lowest BCUT2D eigenvalue weighted by molar-refractivity contribution is -0.0502. The summed E-state index contributed by atoms with van der Waals surface area (Å²) >= 11 is 0. The van der Waals surface area contributed by atoms with Gasteiger partial charge in [-0.15, -0.1) is 12.4 Å². The standard InChI is InChI=1S/C19H23F2N3O3S.ClH/c1-13-4-6-16(12-17(13)24-9-7-22-8-10-24)28(25,26)23-15-5-3-14(2)18(11-15)27-19(20)21;/h3-6,11-12,19,22-23H,7-10H2,1-2H3;1H. The Hall–Kier alpha value is -2.10. The molecule has 1 fully saturated rings. The highest BCUT2D eigenvalue weighted by Gasteiger charge is 2.20. The van der Waals surface area contributed by atoms with Crippen molar-refractivity contribution in [3.05, 3.63) is 47.5 Å². The van der Waals surface area contributed by atoms with Crippen LogP contribution in [0.5, 0.6) is 5.75 Å². The van der Waals surface area contributed by atoms with Crippen LogP contribution in [0, 0.1) is 13.8 Å². The maximum absolute atomic E-state index is 12.8. The molecule has 2 aromatic rings. The first-order valence-corrected chi connectivity index (χ1v) is 10.4. The van der Waals surface area contributed by atoms with Gasteiger partial charge in [0, 0.05) is 37.9 Å². The van der Waals surface area contributed by atoms with Gasteiger partial charge in [-0.05, 0) is 43.2 Å². The summed E-state index contributed by atoms with van der Waals surface area (Å²) < 4.78 is 57.6. The quantitative estimate of drug-likeness (QED) is 0.708. The molecule has 0 bridgehead atoms. The number of rotatable bonds is 6. The third kappa shape index (κ3) is 5.71. The second-order valence-corrected chi connectivity index (χ2v) is 8.33. The Kier molecular flexibility index (Phi) is 7.67. The molecule has 0 saturated carbocycles. The summed E-state index contributed by atoms with van der Waals surface area (Å²) in [4.78, 5) is 2.26. The van der Waals surface area contributed by atoms with Crippen molar-refractivity contribution in [3.8, 4) is 5.75 Å². The largest absolute Gasteiger partial charge is 0.434 e. The Bertz CT molecular complexity index is 952. The number of nitrogens with zero attached hydrogens (tertiary/aromatic N) is 1. The number of benzene rings is 2. The maximum atomic E-state index is 12.8. The van der Waals surface area contributed by atoms with Crippen molar-refractivity contribution in [3.63, 3.8) is 0 Å². The number of piperazine rings is 1. The van der Waals surface area contributed by atoms with E-state index < -0.39 is 16.6 Å². The van der Waals surface area contributed by atoms with Crippen molar-refractivity contribution >= 4 is 33.8 Å². The van der Waals surface area contributed by atoms with Crippen LogP contribution in [0.15, 0.2) is 41.3 Å². The monoisotopic (exact) mass is 447 g/mol. The van der Waals surface area contributed by atoms with Gasteiger partial charge in [0.1, 0.15) is 5.75 Å². The number of nitrogens with one attached hydrogen (secondary N) is 2. The minimum absolute atomic E-state index is 0. The van der Waals surface area contributed by atoms with Crippen LogP contribution in [0.25, 0.3) is 0 Å². The summed E-state index contributed by atoms with van der Waals surface area (Å²) in [6.07, 6.45) is 0. The van der Waals surface area contributed by atoms with Crippen LogP contribution in [0.1, 0.15) is 11.1 Å². The zero-order chi connectivity index (χ0) is 20.3. The number of ether oxygens (including phenoxy) is 1. The highest BCUT2D eigenvalue weighted by atomic mass is 35.5. The van der Waals surface area contributed by atoms with Crippen molar-refractivity contribution in [1.29, 1.82) is 0 Å². The summed E-state index contributed by atoms with van der Waals surface area (Å²) in [5.41, 5.74) is 2.50. The normalized spacial score (nSPS) is 14.4. The molecule has 0 atom stereocenters. The number of hydrogen-bond acceptors (Lipinski definition) is 5. The summed E-state index contributed by atoms with van der Waals surface area (Å²) in [7, 11) is -3.88. The molecule has 10 heteroatoms. The van der Waals surface area contributed by atoms with Gasteiger partial charge in [0.2, 0.25) is 0 Å². The molecule has 6 nitrogen and oxygen atoms in total. The Morgan fingerprint density at radius 2 is 1.72 bits per heavy atom. The van der Waals surface area contributed by atoms with Crippen LogP contribution in [-0.2, 0) is 10.0 Å². The van der Waals surface area contributed by atoms with E-state index in [9.17, 15) is 17.2 Å². The van der Waals surface area contributed by atoms with Gasteiger partial charge in [0.05, 0.1) is 10.6 Å². The Morgan fingerprint density at radius 3 is 2.38 bits per heavy atom. The van der Waals surface area contributed by atoms with E-state index in [1.165, 1.54) is 24.3 Å². The summed E-state index contributed by atoms with van der Waals surface area (Å²) in [6.45, 7) is 3.83. The average molecular weight is 448 g/mol. The fourth-order valence-electron chi connectivity index (χ4n) is 3.10. The molecule has 1 aliphatic heterocycles. The fraction of sp³-hybridized carbons (Fsp3) is 0.368. The van der Waals surface area contributed by atoms with Crippen molar-refractivity contribution in [2.45, 2.75) is 25.4 Å². The lowest BCUT2D eigenvalue weighted by Crippen LogP contribution is -2.43. The Balaban J connectivity index is 0.00000300. The topological polar surface area (TPSA) is 70.7 Å². The average Bonchev–Trinajstić information content (AvgIpc) is 2.65. The molecular formula is C19H24ClF2N3O3S. The first-order valence-electron chi connectivity index (χ1n) is 8.91. The lowest BCUT2D eigenvalue weighted by atomic mass is 10.1. The number of halogens is 3. The van der Waals surface area contributed by atoms with E-state index in [-0.39, 0.29) is 28.7 Å². The molecule has 0 radical (unpaired) electrons. The minimum Gasteiger partial charge on any atom is -0.434 e.